The molecule has 0 saturated heterocycles. The third kappa shape index (κ3) is 2.19. The van der Waals surface area contributed by atoms with E-state index in [4.69, 9.17) is 0 Å². The topological polar surface area (TPSA) is 0 Å². The van der Waals surface area contributed by atoms with Crippen molar-refractivity contribution >= 4 is 5.57 Å². The third-order valence-electron chi connectivity index (χ3n) is 1.78. The molecule has 1 rings (SSSR count). The maximum atomic E-state index is 12.7. The van der Waals surface area contributed by atoms with Gasteiger partial charge < -0.3 is 0 Å². The second-order valence-corrected chi connectivity index (χ2v) is 2.86. The zero-order valence-corrected chi connectivity index (χ0v) is 7.31. The molecule has 64 valence electrons. The number of hydrogen-bond acceptors (Lipinski definition) is 0. The summed E-state index contributed by atoms with van der Waals surface area (Å²) in [6.07, 6.45) is 1.98. The summed E-state index contributed by atoms with van der Waals surface area (Å²) in [5.41, 5.74) is 1.92. The molecule has 1 heteroatoms. The van der Waals surface area contributed by atoms with Crippen LogP contribution in [0.5, 0.6) is 0 Å². The van der Waals surface area contributed by atoms with E-state index in [9.17, 15) is 4.39 Å². The minimum absolute atomic E-state index is 0.190. The minimum Gasteiger partial charge on any atom is -0.207 e. The van der Waals surface area contributed by atoms with Crippen LogP contribution in [0.25, 0.3) is 5.57 Å². The van der Waals surface area contributed by atoms with E-state index < -0.39 is 0 Å². The Kier molecular flexibility index (Phi) is 3.03. The Hall–Kier alpha value is -1.11. The molecule has 12 heavy (non-hydrogen) atoms. The molecule has 0 bridgehead atoms. The second-order valence-electron chi connectivity index (χ2n) is 2.86. The van der Waals surface area contributed by atoms with Gasteiger partial charge in [0.05, 0.1) is 0 Å². The molecule has 0 aliphatic carbocycles. The van der Waals surface area contributed by atoms with Gasteiger partial charge in [-0.2, -0.15) is 0 Å². The van der Waals surface area contributed by atoms with E-state index in [1.54, 1.807) is 6.07 Å². The van der Waals surface area contributed by atoms with Crippen molar-refractivity contribution in [1.29, 1.82) is 0 Å². The highest BCUT2D eigenvalue weighted by molar-refractivity contribution is 5.62. The van der Waals surface area contributed by atoms with Crippen molar-refractivity contribution in [1.82, 2.24) is 0 Å². The largest absolute Gasteiger partial charge is 0.207 e. The fourth-order valence-corrected chi connectivity index (χ4v) is 1.15. The highest BCUT2D eigenvalue weighted by Gasteiger charge is 1.98. The number of allylic oxidation sites excluding steroid dienone is 1. The van der Waals surface area contributed by atoms with E-state index in [1.165, 1.54) is 12.1 Å². The first-order valence-corrected chi connectivity index (χ1v) is 4.17. The lowest BCUT2D eigenvalue weighted by Crippen LogP contribution is -1.83. The molecule has 0 heterocycles. The van der Waals surface area contributed by atoms with E-state index in [-0.39, 0.29) is 5.82 Å². The molecule has 0 spiro atoms. The molecule has 0 N–H and O–H groups in total. The lowest BCUT2D eigenvalue weighted by atomic mass is 10.0. The van der Waals surface area contributed by atoms with Gasteiger partial charge in [-0.1, -0.05) is 32.1 Å². The summed E-state index contributed by atoms with van der Waals surface area (Å²) in [6.45, 7) is 5.98. The molecule has 0 atom stereocenters. The van der Waals surface area contributed by atoms with Crippen LogP contribution < -0.4 is 0 Å². The van der Waals surface area contributed by atoms with Gasteiger partial charge in [0.15, 0.2) is 0 Å². The molecule has 0 aliphatic rings. The first-order valence-electron chi connectivity index (χ1n) is 4.17. The normalized spacial score (nSPS) is 9.83. The first-order chi connectivity index (χ1) is 5.74. The van der Waals surface area contributed by atoms with Gasteiger partial charge in [0.2, 0.25) is 0 Å². The summed E-state index contributed by atoms with van der Waals surface area (Å²) >= 11 is 0. The van der Waals surface area contributed by atoms with Gasteiger partial charge >= 0.3 is 0 Å². The summed E-state index contributed by atoms with van der Waals surface area (Å²) in [7, 11) is 0. The zero-order chi connectivity index (χ0) is 8.97. The molecule has 0 aromatic heterocycles. The van der Waals surface area contributed by atoms with Crippen LogP contribution in [-0.4, -0.2) is 0 Å². The molecular formula is C11H13F. The molecule has 0 radical (unpaired) electrons. The molecule has 0 amide bonds. The second kappa shape index (κ2) is 4.05. The first kappa shape index (κ1) is 8.98. The number of benzene rings is 1. The summed E-state index contributed by atoms with van der Waals surface area (Å²) in [5.74, 6) is -0.190. The van der Waals surface area contributed by atoms with Gasteiger partial charge in [-0.25, -0.2) is 4.39 Å². The standard InChI is InChI=1S/C11H13F/c1-3-5-9(2)10-6-4-7-11(12)8-10/h4,6-8H,2-3,5H2,1H3. The number of halogens is 1. The highest BCUT2D eigenvalue weighted by Crippen LogP contribution is 2.17. The van der Waals surface area contributed by atoms with Crippen molar-refractivity contribution in [2.24, 2.45) is 0 Å². The Morgan fingerprint density at radius 1 is 1.50 bits per heavy atom. The van der Waals surface area contributed by atoms with Crippen molar-refractivity contribution in [3.63, 3.8) is 0 Å². The van der Waals surface area contributed by atoms with E-state index in [0.29, 0.717) is 0 Å². The van der Waals surface area contributed by atoms with Gasteiger partial charge in [-0.05, 0) is 29.7 Å². The zero-order valence-electron chi connectivity index (χ0n) is 7.31. The number of rotatable bonds is 3. The van der Waals surface area contributed by atoms with Crippen molar-refractivity contribution in [2.75, 3.05) is 0 Å². The molecule has 0 fully saturated rings. The summed E-state index contributed by atoms with van der Waals surface area (Å²) in [4.78, 5) is 0. The van der Waals surface area contributed by atoms with Crippen LogP contribution in [0.2, 0.25) is 0 Å². The van der Waals surface area contributed by atoms with E-state index in [2.05, 4.69) is 13.5 Å². The Bertz CT molecular complexity index is 276. The smallest absolute Gasteiger partial charge is 0.123 e. The maximum Gasteiger partial charge on any atom is 0.123 e. The quantitative estimate of drug-likeness (QED) is 0.639. The Morgan fingerprint density at radius 3 is 2.83 bits per heavy atom. The van der Waals surface area contributed by atoms with Gasteiger partial charge in [0.25, 0.3) is 0 Å². The van der Waals surface area contributed by atoms with E-state index in [0.717, 1.165) is 24.0 Å². The molecule has 0 unspecified atom stereocenters. The Balaban J connectivity index is 2.81. The summed E-state index contributed by atoms with van der Waals surface area (Å²) in [5, 5.41) is 0. The van der Waals surface area contributed by atoms with Crippen molar-refractivity contribution in [3.05, 3.63) is 42.2 Å². The SMILES string of the molecule is C=C(CCC)c1cccc(F)c1. The minimum atomic E-state index is -0.190. The van der Waals surface area contributed by atoms with Crippen LogP contribution in [0.15, 0.2) is 30.8 Å². The van der Waals surface area contributed by atoms with Crippen molar-refractivity contribution in [3.8, 4) is 0 Å². The maximum absolute atomic E-state index is 12.7. The third-order valence-corrected chi connectivity index (χ3v) is 1.78. The van der Waals surface area contributed by atoms with Crippen LogP contribution in [0, 0.1) is 5.82 Å². The number of hydrogen-bond donors (Lipinski definition) is 0. The van der Waals surface area contributed by atoms with E-state index >= 15 is 0 Å². The molecule has 1 aromatic rings. The molecule has 0 nitrogen and oxygen atoms in total. The van der Waals surface area contributed by atoms with Crippen LogP contribution >= 0.6 is 0 Å². The molecule has 1 aromatic carbocycles. The summed E-state index contributed by atoms with van der Waals surface area (Å²) in [6, 6.07) is 6.58. The van der Waals surface area contributed by atoms with Crippen molar-refractivity contribution < 1.29 is 4.39 Å². The van der Waals surface area contributed by atoms with Gasteiger partial charge in [-0.15, -0.1) is 0 Å². The van der Waals surface area contributed by atoms with Crippen LogP contribution in [0.3, 0.4) is 0 Å². The fourth-order valence-electron chi connectivity index (χ4n) is 1.15. The highest BCUT2D eigenvalue weighted by atomic mass is 19.1. The monoisotopic (exact) mass is 164 g/mol. The average molecular weight is 164 g/mol. The summed E-state index contributed by atoms with van der Waals surface area (Å²) < 4.78 is 12.7. The predicted molar refractivity (Wildman–Crippen MR) is 50.3 cm³/mol. The van der Waals surface area contributed by atoms with Gasteiger partial charge in [0.1, 0.15) is 5.82 Å². The van der Waals surface area contributed by atoms with Crippen LogP contribution in [0.4, 0.5) is 4.39 Å². The predicted octanol–water partition coefficient (Wildman–Crippen LogP) is 3.64. The fraction of sp³-hybridized carbons (Fsp3) is 0.273. The van der Waals surface area contributed by atoms with E-state index in [1.807, 2.05) is 6.07 Å². The van der Waals surface area contributed by atoms with Crippen molar-refractivity contribution in [2.45, 2.75) is 19.8 Å². The lowest BCUT2D eigenvalue weighted by molar-refractivity contribution is 0.627. The lowest BCUT2D eigenvalue weighted by Gasteiger charge is -2.03. The molecule has 0 aliphatic heterocycles. The molecular weight excluding hydrogens is 151 g/mol. The average Bonchev–Trinajstić information content (AvgIpc) is 2.05. The van der Waals surface area contributed by atoms with Gasteiger partial charge in [0, 0.05) is 0 Å². The van der Waals surface area contributed by atoms with Crippen LogP contribution in [-0.2, 0) is 0 Å². The Labute approximate surface area is 72.7 Å². The molecule has 0 saturated carbocycles. The van der Waals surface area contributed by atoms with Crippen LogP contribution in [0.1, 0.15) is 25.3 Å². The Morgan fingerprint density at radius 2 is 2.25 bits per heavy atom. The van der Waals surface area contributed by atoms with Gasteiger partial charge in [-0.3, -0.25) is 0 Å².